The van der Waals surface area contributed by atoms with Gasteiger partial charge in [-0.3, -0.25) is 4.79 Å². The molecule has 0 fully saturated rings. The highest BCUT2D eigenvalue weighted by atomic mass is 16.7. The highest BCUT2D eigenvalue weighted by Crippen LogP contribution is 2.27. The Labute approximate surface area is 82.6 Å². The van der Waals surface area contributed by atoms with E-state index < -0.39 is 6.29 Å². The lowest BCUT2D eigenvalue weighted by Gasteiger charge is -2.24. The molecule has 0 N–H and O–H groups in total. The fraction of sp³-hybridized carbons (Fsp3) is 0.364. The highest BCUT2D eigenvalue weighted by molar-refractivity contribution is 5.66. The van der Waals surface area contributed by atoms with Crippen molar-refractivity contribution in [1.82, 2.24) is 0 Å². The molecular formula is C11H12O3. The maximum atomic E-state index is 10.8. The first kappa shape index (κ1) is 9.21. The Balaban J connectivity index is 2.26. The van der Waals surface area contributed by atoms with Gasteiger partial charge in [0.05, 0.1) is 6.61 Å². The lowest BCUT2D eigenvalue weighted by Crippen LogP contribution is -2.20. The molecule has 0 aromatic heterocycles. The van der Waals surface area contributed by atoms with Crippen molar-refractivity contribution in [3.63, 3.8) is 0 Å². The number of fused-ring (bicyclic) bond motifs is 1. The Kier molecular flexibility index (Phi) is 2.50. The second-order valence-electron chi connectivity index (χ2n) is 3.26. The smallest absolute Gasteiger partial charge is 0.305 e. The minimum atomic E-state index is -0.516. The normalized spacial score (nSPS) is 19.9. The lowest BCUT2D eigenvalue weighted by atomic mass is 10.0. The summed E-state index contributed by atoms with van der Waals surface area (Å²) in [5, 5.41) is 0. The van der Waals surface area contributed by atoms with Crippen molar-refractivity contribution in [2.24, 2.45) is 0 Å². The van der Waals surface area contributed by atoms with Crippen LogP contribution in [0.25, 0.3) is 0 Å². The van der Waals surface area contributed by atoms with E-state index in [1.165, 1.54) is 12.5 Å². The van der Waals surface area contributed by atoms with Crippen molar-refractivity contribution in [3.05, 3.63) is 35.4 Å². The number of ether oxygens (including phenoxy) is 2. The van der Waals surface area contributed by atoms with Crippen LogP contribution in [0.1, 0.15) is 24.3 Å². The largest absolute Gasteiger partial charge is 0.431 e. The van der Waals surface area contributed by atoms with Crippen LogP contribution < -0.4 is 0 Å². The molecule has 1 aliphatic rings. The van der Waals surface area contributed by atoms with Crippen LogP contribution >= 0.6 is 0 Å². The van der Waals surface area contributed by atoms with Crippen LogP contribution in [0.15, 0.2) is 24.3 Å². The van der Waals surface area contributed by atoms with E-state index in [0.29, 0.717) is 6.61 Å². The third-order valence-corrected chi connectivity index (χ3v) is 2.22. The van der Waals surface area contributed by atoms with Crippen LogP contribution in [-0.4, -0.2) is 12.6 Å². The van der Waals surface area contributed by atoms with Crippen molar-refractivity contribution in [3.8, 4) is 0 Å². The van der Waals surface area contributed by atoms with E-state index in [1.54, 1.807) is 0 Å². The Morgan fingerprint density at radius 3 is 3.07 bits per heavy atom. The van der Waals surface area contributed by atoms with Crippen molar-refractivity contribution in [1.29, 1.82) is 0 Å². The quantitative estimate of drug-likeness (QED) is 0.637. The molecule has 74 valence electrons. The lowest BCUT2D eigenvalue weighted by molar-refractivity contribution is -0.180. The van der Waals surface area contributed by atoms with E-state index in [0.717, 1.165) is 12.0 Å². The molecule has 1 unspecified atom stereocenters. The number of hydrogen-bond donors (Lipinski definition) is 0. The molecule has 0 saturated carbocycles. The predicted octanol–water partition coefficient (Wildman–Crippen LogP) is 1.82. The molecule has 1 aromatic carbocycles. The van der Waals surface area contributed by atoms with Crippen molar-refractivity contribution >= 4 is 5.97 Å². The third-order valence-electron chi connectivity index (χ3n) is 2.22. The molecule has 14 heavy (non-hydrogen) atoms. The van der Waals surface area contributed by atoms with Gasteiger partial charge in [0.2, 0.25) is 6.29 Å². The van der Waals surface area contributed by atoms with Gasteiger partial charge in [0.1, 0.15) is 0 Å². The van der Waals surface area contributed by atoms with E-state index in [2.05, 4.69) is 0 Å². The molecular weight excluding hydrogens is 180 g/mol. The molecule has 2 rings (SSSR count). The molecule has 1 atom stereocenters. The van der Waals surface area contributed by atoms with Crippen LogP contribution in [0.2, 0.25) is 0 Å². The fourth-order valence-electron chi connectivity index (χ4n) is 1.61. The van der Waals surface area contributed by atoms with Crippen molar-refractivity contribution < 1.29 is 14.3 Å². The van der Waals surface area contributed by atoms with E-state index in [9.17, 15) is 4.79 Å². The van der Waals surface area contributed by atoms with E-state index in [-0.39, 0.29) is 5.97 Å². The van der Waals surface area contributed by atoms with E-state index >= 15 is 0 Å². The summed E-state index contributed by atoms with van der Waals surface area (Å²) in [7, 11) is 0. The van der Waals surface area contributed by atoms with E-state index in [1.807, 2.05) is 24.3 Å². The second-order valence-corrected chi connectivity index (χ2v) is 3.26. The van der Waals surface area contributed by atoms with E-state index in [4.69, 9.17) is 9.47 Å². The van der Waals surface area contributed by atoms with Gasteiger partial charge in [-0.2, -0.15) is 0 Å². The summed E-state index contributed by atoms with van der Waals surface area (Å²) >= 11 is 0. The van der Waals surface area contributed by atoms with Crippen LogP contribution in [0, 0.1) is 0 Å². The molecule has 0 radical (unpaired) electrons. The molecule has 3 nitrogen and oxygen atoms in total. The summed E-state index contributed by atoms with van der Waals surface area (Å²) in [4.78, 5) is 10.8. The summed E-state index contributed by atoms with van der Waals surface area (Å²) < 4.78 is 10.4. The molecule has 1 aliphatic heterocycles. The summed E-state index contributed by atoms with van der Waals surface area (Å²) in [5.41, 5.74) is 2.17. The summed E-state index contributed by atoms with van der Waals surface area (Å²) in [6.45, 7) is 2.00. The van der Waals surface area contributed by atoms with Gasteiger partial charge in [0.25, 0.3) is 0 Å². The minimum Gasteiger partial charge on any atom is -0.431 e. The highest BCUT2D eigenvalue weighted by Gasteiger charge is 2.22. The topological polar surface area (TPSA) is 35.5 Å². The Bertz CT molecular complexity index is 346. The maximum Gasteiger partial charge on any atom is 0.305 e. The number of esters is 1. The molecule has 1 aromatic rings. The molecule has 0 bridgehead atoms. The molecule has 0 saturated heterocycles. The zero-order chi connectivity index (χ0) is 9.97. The maximum absolute atomic E-state index is 10.8. The number of carbonyl (C=O) groups is 1. The molecule has 0 amide bonds. The zero-order valence-electron chi connectivity index (χ0n) is 8.03. The molecule has 0 aliphatic carbocycles. The summed E-state index contributed by atoms with van der Waals surface area (Å²) in [6, 6.07) is 7.87. The number of benzene rings is 1. The SMILES string of the molecule is CC(=O)OC1OCCc2ccccc21. The Hall–Kier alpha value is -1.35. The van der Waals surface area contributed by atoms with Crippen LogP contribution in [-0.2, 0) is 20.7 Å². The van der Waals surface area contributed by atoms with Crippen LogP contribution in [0.4, 0.5) is 0 Å². The molecule has 3 heteroatoms. The third kappa shape index (κ3) is 1.77. The zero-order valence-corrected chi connectivity index (χ0v) is 8.03. The number of hydrogen-bond acceptors (Lipinski definition) is 3. The van der Waals surface area contributed by atoms with Gasteiger partial charge in [0, 0.05) is 12.5 Å². The predicted molar refractivity (Wildman–Crippen MR) is 50.6 cm³/mol. The van der Waals surface area contributed by atoms with Gasteiger partial charge in [-0.25, -0.2) is 0 Å². The fourth-order valence-corrected chi connectivity index (χ4v) is 1.61. The Morgan fingerprint density at radius 2 is 2.29 bits per heavy atom. The van der Waals surface area contributed by atoms with Gasteiger partial charge in [-0.1, -0.05) is 24.3 Å². The molecule has 0 spiro atoms. The number of carbonyl (C=O) groups excluding carboxylic acids is 1. The van der Waals surface area contributed by atoms with Crippen molar-refractivity contribution in [2.75, 3.05) is 6.61 Å². The summed E-state index contributed by atoms with van der Waals surface area (Å²) in [6.07, 6.45) is 0.367. The number of rotatable bonds is 1. The molecule has 1 heterocycles. The first-order valence-corrected chi connectivity index (χ1v) is 4.64. The van der Waals surface area contributed by atoms with Crippen molar-refractivity contribution in [2.45, 2.75) is 19.6 Å². The monoisotopic (exact) mass is 192 g/mol. The van der Waals surface area contributed by atoms with Gasteiger partial charge in [-0.15, -0.1) is 0 Å². The first-order valence-electron chi connectivity index (χ1n) is 4.64. The minimum absolute atomic E-state index is 0.313. The second kappa shape index (κ2) is 3.80. The average Bonchev–Trinajstić information content (AvgIpc) is 2.18. The first-order chi connectivity index (χ1) is 6.77. The van der Waals surface area contributed by atoms with Gasteiger partial charge in [-0.05, 0) is 12.0 Å². The van der Waals surface area contributed by atoms with Crippen LogP contribution in [0.3, 0.4) is 0 Å². The Morgan fingerprint density at radius 1 is 1.50 bits per heavy atom. The van der Waals surface area contributed by atoms with Gasteiger partial charge >= 0.3 is 5.97 Å². The van der Waals surface area contributed by atoms with Gasteiger partial charge in [0.15, 0.2) is 0 Å². The average molecular weight is 192 g/mol. The standard InChI is InChI=1S/C11H12O3/c1-8(12)14-11-10-5-3-2-4-9(10)6-7-13-11/h2-5,11H,6-7H2,1H3. The van der Waals surface area contributed by atoms with Crippen LogP contribution in [0.5, 0.6) is 0 Å². The van der Waals surface area contributed by atoms with Gasteiger partial charge < -0.3 is 9.47 Å². The summed E-state index contributed by atoms with van der Waals surface area (Å²) in [5.74, 6) is -0.313.